The number of hydrogen-bond donors (Lipinski definition) is 3. The van der Waals surface area contributed by atoms with E-state index in [4.69, 9.17) is 0 Å². The van der Waals surface area contributed by atoms with Crippen molar-refractivity contribution in [3.8, 4) is 11.4 Å². The second-order valence-electron chi connectivity index (χ2n) is 9.85. The number of carbonyl (C=O) groups is 2. The van der Waals surface area contributed by atoms with E-state index in [2.05, 4.69) is 25.6 Å². The second kappa shape index (κ2) is 12.7. The maximum Gasteiger partial charge on any atom is 0.278 e. The quantitative estimate of drug-likeness (QED) is 0.222. The number of hydrogen-bond acceptors (Lipinski definition) is 6. The van der Waals surface area contributed by atoms with Gasteiger partial charge < -0.3 is 15.6 Å². The molecule has 0 saturated carbocycles. The monoisotopic (exact) mass is 602 g/mol. The summed E-state index contributed by atoms with van der Waals surface area (Å²) in [7, 11) is -1.40. The smallest absolute Gasteiger partial charge is 0.278 e. The SMILES string of the molecule is O=C(Cn1c(-c2ccccc2)ncc(NC(=O)c2ccc(S(=O)c3ccccc3)cc2)c1=O)NCc1cc2cnccc2[nH]1. The molecule has 3 aromatic carbocycles. The fourth-order valence-corrected chi connectivity index (χ4v) is 5.73. The molecule has 218 valence electrons. The molecule has 0 saturated heterocycles. The van der Waals surface area contributed by atoms with Crippen molar-refractivity contribution in [2.24, 2.45) is 0 Å². The lowest BCUT2D eigenvalue weighted by Crippen LogP contribution is -2.35. The first kappa shape index (κ1) is 28.4. The van der Waals surface area contributed by atoms with Crippen molar-refractivity contribution < 1.29 is 13.8 Å². The molecule has 3 heterocycles. The molecule has 6 aromatic rings. The average Bonchev–Trinajstić information content (AvgIpc) is 3.49. The van der Waals surface area contributed by atoms with Crippen LogP contribution >= 0.6 is 0 Å². The van der Waals surface area contributed by atoms with Crippen LogP contribution < -0.4 is 16.2 Å². The molecule has 2 amide bonds. The minimum absolute atomic E-state index is 0.0810. The molecular formula is C33H26N6O4S. The van der Waals surface area contributed by atoms with E-state index in [-0.39, 0.29) is 30.2 Å². The highest BCUT2D eigenvalue weighted by Crippen LogP contribution is 2.19. The predicted molar refractivity (Wildman–Crippen MR) is 167 cm³/mol. The summed E-state index contributed by atoms with van der Waals surface area (Å²) in [5.74, 6) is -0.667. The third-order valence-corrected chi connectivity index (χ3v) is 8.27. The van der Waals surface area contributed by atoms with Crippen LogP contribution in [0.4, 0.5) is 5.69 Å². The van der Waals surface area contributed by atoms with Gasteiger partial charge in [0.2, 0.25) is 5.91 Å². The Hall–Kier alpha value is -5.68. The maximum absolute atomic E-state index is 13.6. The van der Waals surface area contributed by atoms with Crippen molar-refractivity contribution in [1.82, 2.24) is 24.8 Å². The van der Waals surface area contributed by atoms with E-state index in [9.17, 15) is 18.6 Å². The van der Waals surface area contributed by atoms with Crippen LogP contribution in [0.5, 0.6) is 0 Å². The van der Waals surface area contributed by atoms with Crippen LogP contribution in [-0.2, 0) is 28.7 Å². The van der Waals surface area contributed by atoms with E-state index < -0.39 is 28.2 Å². The highest BCUT2D eigenvalue weighted by molar-refractivity contribution is 7.85. The summed E-state index contributed by atoms with van der Waals surface area (Å²) in [6.07, 6.45) is 4.70. The van der Waals surface area contributed by atoms with Gasteiger partial charge in [-0.3, -0.25) is 23.9 Å². The van der Waals surface area contributed by atoms with Gasteiger partial charge in [0.25, 0.3) is 11.5 Å². The lowest BCUT2D eigenvalue weighted by Gasteiger charge is -2.14. The zero-order chi connectivity index (χ0) is 30.5. The molecule has 0 spiro atoms. The normalized spacial score (nSPS) is 11.6. The first-order chi connectivity index (χ1) is 21.5. The largest absolute Gasteiger partial charge is 0.357 e. The molecule has 0 aliphatic rings. The van der Waals surface area contributed by atoms with Gasteiger partial charge in [-0.25, -0.2) is 9.19 Å². The standard InChI is InChI=1S/C33H26N6O4S/c40-30(35-19-25-17-24-18-34-16-15-28(24)37-25)21-39-31(22-7-3-1-4-8-22)36-20-29(33(39)42)38-32(41)23-11-13-27(14-12-23)44(43)26-9-5-2-6-10-26/h1-18,20,37H,19,21H2,(H,35,40)(H,38,41). The zero-order valence-corrected chi connectivity index (χ0v) is 24.1. The molecule has 6 rings (SSSR count). The number of fused-ring (bicyclic) bond motifs is 1. The predicted octanol–water partition coefficient (Wildman–Crippen LogP) is 4.52. The Kier molecular flexibility index (Phi) is 8.19. The Morgan fingerprint density at radius 1 is 0.864 bits per heavy atom. The first-order valence-corrected chi connectivity index (χ1v) is 14.8. The van der Waals surface area contributed by atoms with Gasteiger partial charge in [-0.05, 0) is 48.5 Å². The highest BCUT2D eigenvalue weighted by atomic mass is 32.2. The van der Waals surface area contributed by atoms with E-state index >= 15 is 0 Å². The molecular weight excluding hydrogens is 576 g/mol. The van der Waals surface area contributed by atoms with Crippen molar-refractivity contribution in [2.75, 3.05) is 5.32 Å². The lowest BCUT2D eigenvalue weighted by molar-refractivity contribution is -0.121. The van der Waals surface area contributed by atoms with Crippen LogP contribution in [0.1, 0.15) is 16.1 Å². The zero-order valence-electron chi connectivity index (χ0n) is 23.3. The van der Waals surface area contributed by atoms with Gasteiger partial charge in [-0.2, -0.15) is 0 Å². The van der Waals surface area contributed by atoms with Gasteiger partial charge in [-0.1, -0.05) is 48.5 Å². The van der Waals surface area contributed by atoms with Crippen LogP contribution in [-0.4, -0.2) is 35.5 Å². The Labute approximate surface area is 254 Å². The first-order valence-electron chi connectivity index (χ1n) is 13.7. The number of aromatic nitrogens is 4. The molecule has 10 nitrogen and oxygen atoms in total. The molecule has 0 bridgehead atoms. The summed E-state index contributed by atoms with van der Waals surface area (Å²) in [5.41, 5.74) is 1.93. The van der Waals surface area contributed by atoms with Gasteiger partial charge in [0.1, 0.15) is 18.1 Å². The van der Waals surface area contributed by atoms with E-state index in [0.29, 0.717) is 15.4 Å². The summed E-state index contributed by atoms with van der Waals surface area (Å²) >= 11 is 0. The summed E-state index contributed by atoms with van der Waals surface area (Å²) in [6.45, 7) is -0.0978. The molecule has 1 unspecified atom stereocenters. The van der Waals surface area contributed by atoms with Crippen LogP contribution in [0.3, 0.4) is 0 Å². The molecule has 0 aliphatic carbocycles. The molecule has 0 aliphatic heterocycles. The van der Waals surface area contributed by atoms with Crippen LogP contribution in [0, 0.1) is 0 Å². The highest BCUT2D eigenvalue weighted by Gasteiger charge is 2.18. The van der Waals surface area contributed by atoms with Crippen molar-refractivity contribution in [3.63, 3.8) is 0 Å². The lowest BCUT2D eigenvalue weighted by atomic mass is 10.2. The Morgan fingerprint density at radius 2 is 1.57 bits per heavy atom. The summed E-state index contributed by atoms with van der Waals surface area (Å²) in [5, 5.41) is 6.38. The third-order valence-electron chi connectivity index (χ3n) is 6.87. The molecule has 0 radical (unpaired) electrons. The number of pyridine rings is 1. The van der Waals surface area contributed by atoms with Gasteiger partial charge in [-0.15, -0.1) is 0 Å². The summed E-state index contributed by atoms with van der Waals surface area (Å²) in [6, 6.07) is 28.1. The number of anilines is 1. The van der Waals surface area contributed by atoms with Crippen LogP contribution in [0.15, 0.2) is 130 Å². The number of carbonyl (C=O) groups excluding carboxylic acids is 2. The van der Waals surface area contributed by atoms with Crippen LogP contribution in [0.2, 0.25) is 0 Å². The molecule has 44 heavy (non-hydrogen) atoms. The van der Waals surface area contributed by atoms with Crippen molar-refractivity contribution >= 4 is 39.2 Å². The van der Waals surface area contributed by atoms with Crippen molar-refractivity contribution in [2.45, 2.75) is 22.9 Å². The summed E-state index contributed by atoms with van der Waals surface area (Å²) in [4.78, 5) is 52.7. The number of rotatable bonds is 9. The molecule has 0 fully saturated rings. The minimum atomic E-state index is -1.40. The average molecular weight is 603 g/mol. The van der Waals surface area contributed by atoms with Gasteiger partial charge >= 0.3 is 0 Å². The Balaban J connectivity index is 1.21. The molecule has 11 heteroatoms. The topological polar surface area (TPSA) is 139 Å². The third kappa shape index (κ3) is 6.22. The number of nitrogens with one attached hydrogen (secondary N) is 3. The van der Waals surface area contributed by atoms with E-state index in [1.54, 1.807) is 73.1 Å². The number of aromatic amines is 1. The van der Waals surface area contributed by atoms with Gasteiger partial charge in [0.15, 0.2) is 0 Å². The number of amides is 2. The Bertz CT molecular complexity index is 2010. The summed E-state index contributed by atoms with van der Waals surface area (Å²) < 4.78 is 14.1. The van der Waals surface area contributed by atoms with E-state index in [1.165, 1.54) is 10.8 Å². The molecule has 3 aromatic heterocycles. The fraction of sp³-hybridized carbons (Fsp3) is 0.0606. The van der Waals surface area contributed by atoms with Gasteiger partial charge in [0.05, 0.1) is 23.5 Å². The van der Waals surface area contributed by atoms with Crippen LogP contribution in [0.25, 0.3) is 22.3 Å². The maximum atomic E-state index is 13.6. The number of nitrogens with zero attached hydrogens (tertiary/aromatic N) is 3. The van der Waals surface area contributed by atoms with Gasteiger partial charge in [0, 0.05) is 49.9 Å². The number of H-pyrrole nitrogens is 1. The molecule has 1 atom stereocenters. The van der Waals surface area contributed by atoms with Crippen molar-refractivity contribution in [3.05, 3.63) is 137 Å². The Morgan fingerprint density at radius 3 is 2.30 bits per heavy atom. The fourth-order valence-electron chi connectivity index (χ4n) is 4.67. The van der Waals surface area contributed by atoms with E-state index in [1.807, 2.05) is 36.4 Å². The van der Waals surface area contributed by atoms with E-state index in [0.717, 1.165) is 16.6 Å². The molecule has 3 N–H and O–H groups in total. The second-order valence-corrected chi connectivity index (χ2v) is 11.3. The minimum Gasteiger partial charge on any atom is -0.357 e. The number of benzene rings is 3. The van der Waals surface area contributed by atoms with Crippen molar-refractivity contribution in [1.29, 1.82) is 0 Å².